The van der Waals surface area contributed by atoms with Gasteiger partial charge in [-0.3, -0.25) is 0 Å². The van der Waals surface area contributed by atoms with Gasteiger partial charge in [-0.1, -0.05) is 48.5 Å². The molecule has 3 aromatic rings. The van der Waals surface area contributed by atoms with Gasteiger partial charge in [-0.2, -0.15) is 0 Å². The summed E-state index contributed by atoms with van der Waals surface area (Å²) in [5.74, 6) is 0.778. The Kier molecular flexibility index (Phi) is 6.47. The Morgan fingerprint density at radius 1 is 1.04 bits per heavy atom. The number of nitrogens with zero attached hydrogens (tertiary/aromatic N) is 2. The molecular weight excluding hydrogens is 322 g/mol. The first-order valence-electron chi connectivity index (χ1n) is 8.96. The molecule has 3 rings (SSSR count). The van der Waals surface area contributed by atoms with Crippen LogP contribution in [0.1, 0.15) is 29.5 Å². The largest absolute Gasteiger partial charge is 0.369 e. The maximum absolute atomic E-state index is 6.26. The average Bonchev–Trinajstić information content (AvgIpc) is 2.69. The van der Waals surface area contributed by atoms with Gasteiger partial charge in [0.15, 0.2) is 0 Å². The van der Waals surface area contributed by atoms with Crippen LogP contribution in [0.25, 0.3) is 11.3 Å². The Morgan fingerprint density at radius 3 is 2.65 bits per heavy atom. The highest BCUT2D eigenvalue weighted by atomic mass is 16.5. The first-order chi connectivity index (χ1) is 12.8. The minimum Gasteiger partial charge on any atom is -0.369 e. The van der Waals surface area contributed by atoms with Crippen molar-refractivity contribution in [2.75, 3.05) is 13.6 Å². The van der Waals surface area contributed by atoms with E-state index in [9.17, 15) is 0 Å². The van der Waals surface area contributed by atoms with E-state index in [1.807, 2.05) is 26.1 Å². The zero-order chi connectivity index (χ0) is 18.2. The molecule has 0 aliphatic heterocycles. The van der Waals surface area contributed by atoms with E-state index in [0.29, 0.717) is 6.61 Å². The van der Waals surface area contributed by atoms with Gasteiger partial charge in [0.25, 0.3) is 0 Å². The third-order valence-electron chi connectivity index (χ3n) is 4.28. The fraction of sp³-hybridized carbons (Fsp3) is 0.273. The predicted molar refractivity (Wildman–Crippen MR) is 105 cm³/mol. The Bertz CT molecular complexity index is 820. The number of hydrogen-bond donors (Lipinski definition) is 1. The van der Waals surface area contributed by atoms with Gasteiger partial charge in [-0.15, -0.1) is 0 Å². The fourth-order valence-corrected chi connectivity index (χ4v) is 2.92. The Morgan fingerprint density at radius 2 is 1.88 bits per heavy atom. The van der Waals surface area contributed by atoms with Gasteiger partial charge in [0.2, 0.25) is 0 Å². The molecule has 0 aliphatic carbocycles. The summed E-state index contributed by atoms with van der Waals surface area (Å²) in [6.07, 6.45) is 2.81. The minimum absolute atomic E-state index is 0.0774. The molecule has 1 heterocycles. The number of nitrogens with one attached hydrogen (secondary N) is 1. The number of aryl methyl sites for hydroxylation is 1. The lowest BCUT2D eigenvalue weighted by Gasteiger charge is -2.18. The van der Waals surface area contributed by atoms with Crippen molar-refractivity contribution in [3.63, 3.8) is 0 Å². The number of benzene rings is 2. The molecule has 0 saturated carbocycles. The number of hydrogen-bond acceptors (Lipinski definition) is 4. The molecule has 0 radical (unpaired) electrons. The van der Waals surface area contributed by atoms with Crippen molar-refractivity contribution < 1.29 is 4.74 Å². The number of rotatable bonds is 8. The standard InChI is InChI=1S/C22H25N3O/c1-17-24-14-11-21(25-17)20-10-6-7-18(15-20)16-26-22(12-13-23-2)19-8-4-3-5-9-19/h3-11,14-15,22-23H,12-13,16H2,1-2H3. The molecule has 1 N–H and O–H groups in total. The van der Waals surface area contributed by atoms with E-state index in [0.717, 1.165) is 35.6 Å². The van der Waals surface area contributed by atoms with Crippen LogP contribution in [-0.2, 0) is 11.3 Å². The van der Waals surface area contributed by atoms with Crippen LogP contribution in [-0.4, -0.2) is 23.6 Å². The molecule has 1 unspecified atom stereocenters. The van der Waals surface area contributed by atoms with E-state index >= 15 is 0 Å². The lowest BCUT2D eigenvalue weighted by molar-refractivity contribution is 0.0344. The van der Waals surface area contributed by atoms with Gasteiger partial charge in [-0.25, -0.2) is 9.97 Å². The van der Waals surface area contributed by atoms with Crippen LogP contribution in [0.4, 0.5) is 0 Å². The van der Waals surface area contributed by atoms with Gasteiger partial charge in [-0.05, 0) is 50.2 Å². The van der Waals surface area contributed by atoms with Crippen LogP contribution in [0.3, 0.4) is 0 Å². The van der Waals surface area contributed by atoms with Crippen molar-refractivity contribution in [3.05, 3.63) is 83.8 Å². The minimum atomic E-state index is 0.0774. The smallest absolute Gasteiger partial charge is 0.125 e. The zero-order valence-corrected chi connectivity index (χ0v) is 15.4. The first kappa shape index (κ1) is 18.2. The average molecular weight is 347 g/mol. The van der Waals surface area contributed by atoms with E-state index in [2.05, 4.69) is 63.8 Å². The quantitative estimate of drug-likeness (QED) is 0.659. The van der Waals surface area contributed by atoms with E-state index in [1.54, 1.807) is 6.20 Å². The molecule has 0 amide bonds. The van der Waals surface area contributed by atoms with Crippen LogP contribution >= 0.6 is 0 Å². The molecule has 0 fully saturated rings. The summed E-state index contributed by atoms with van der Waals surface area (Å²) in [5, 5.41) is 3.21. The maximum atomic E-state index is 6.26. The molecule has 4 heteroatoms. The number of aromatic nitrogens is 2. The SMILES string of the molecule is CNCCC(OCc1cccc(-c2ccnc(C)n2)c1)c1ccccc1. The highest BCUT2D eigenvalue weighted by Crippen LogP contribution is 2.24. The van der Waals surface area contributed by atoms with Crippen molar-refractivity contribution in [1.82, 2.24) is 15.3 Å². The molecule has 1 aromatic heterocycles. The van der Waals surface area contributed by atoms with Crippen LogP contribution in [0.15, 0.2) is 66.9 Å². The number of ether oxygens (including phenoxy) is 1. The molecule has 0 aliphatic rings. The second-order valence-electron chi connectivity index (χ2n) is 6.29. The monoisotopic (exact) mass is 347 g/mol. The van der Waals surface area contributed by atoms with E-state index in [1.165, 1.54) is 5.56 Å². The Labute approximate surface area is 155 Å². The maximum Gasteiger partial charge on any atom is 0.125 e. The van der Waals surface area contributed by atoms with E-state index < -0.39 is 0 Å². The van der Waals surface area contributed by atoms with E-state index in [-0.39, 0.29) is 6.10 Å². The van der Waals surface area contributed by atoms with Crippen molar-refractivity contribution in [2.45, 2.75) is 26.1 Å². The van der Waals surface area contributed by atoms with Crippen molar-refractivity contribution in [3.8, 4) is 11.3 Å². The van der Waals surface area contributed by atoms with Crippen LogP contribution < -0.4 is 5.32 Å². The molecule has 4 nitrogen and oxygen atoms in total. The molecular formula is C22H25N3O. The van der Waals surface area contributed by atoms with Gasteiger partial charge < -0.3 is 10.1 Å². The Hall–Kier alpha value is -2.56. The van der Waals surface area contributed by atoms with Gasteiger partial charge >= 0.3 is 0 Å². The van der Waals surface area contributed by atoms with E-state index in [4.69, 9.17) is 4.74 Å². The second-order valence-corrected chi connectivity index (χ2v) is 6.29. The third-order valence-corrected chi connectivity index (χ3v) is 4.28. The molecule has 2 aromatic carbocycles. The normalized spacial score (nSPS) is 12.1. The van der Waals surface area contributed by atoms with Crippen LogP contribution in [0.5, 0.6) is 0 Å². The molecule has 0 bridgehead atoms. The molecule has 26 heavy (non-hydrogen) atoms. The fourth-order valence-electron chi connectivity index (χ4n) is 2.92. The van der Waals surface area contributed by atoms with Crippen molar-refractivity contribution in [1.29, 1.82) is 0 Å². The molecule has 0 saturated heterocycles. The second kappa shape index (κ2) is 9.22. The topological polar surface area (TPSA) is 47.0 Å². The van der Waals surface area contributed by atoms with Crippen molar-refractivity contribution >= 4 is 0 Å². The highest BCUT2D eigenvalue weighted by Gasteiger charge is 2.12. The van der Waals surface area contributed by atoms with Crippen LogP contribution in [0.2, 0.25) is 0 Å². The first-order valence-corrected chi connectivity index (χ1v) is 8.96. The summed E-state index contributed by atoms with van der Waals surface area (Å²) >= 11 is 0. The molecule has 134 valence electrons. The summed E-state index contributed by atoms with van der Waals surface area (Å²) in [4.78, 5) is 8.68. The van der Waals surface area contributed by atoms with Crippen molar-refractivity contribution in [2.24, 2.45) is 0 Å². The highest BCUT2D eigenvalue weighted by molar-refractivity contribution is 5.59. The summed E-state index contributed by atoms with van der Waals surface area (Å²) in [5.41, 5.74) is 4.38. The summed E-state index contributed by atoms with van der Waals surface area (Å²) in [6.45, 7) is 3.39. The van der Waals surface area contributed by atoms with Crippen LogP contribution in [0, 0.1) is 6.92 Å². The molecule has 0 spiro atoms. The van der Waals surface area contributed by atoms with Gasteiger partial charge in [0.05, 0.1) is 18.4 Å². The third kappa shape index (κ3) is 4.97. The predicted octanol–water partition coefficient (Wildman–Crippen LogP) is 4.32. The molecule has 1 atom stereocenters. The summed E-state index contributed by atoms with van der Waals surface area (Å²) in [6, 6.07) is 20.7. The zero-order valence-electron chi connectivity index (χ0n) is 15.4. The van der Waals surface area contributed by atoms with Gasteiger partial charge in [0, 0.05) is 11.8 Å². The van der Waals surface area contributed by atoms with Gasteiger partial charge in [0.1, 0.15) is 5.82 Å². The summed E-state index contributed by atoms with van der Waals surface area (Å²) < 4.78 is 6.26. The summed E-state index contributed by atoms with van der Waals surface area (Å²) in [7, 11) is 1.97. The lowest BCUT2D eigenvalue weighted by Crippen LogP contribution is -2.14. The lowest BCUT2D eigenvalue weighted by atomic mass is 10.1. The Balaban J connectivity index is 1.72.